The SMILES string of the molecule is CCCc1nc(NCC(C)C)nc(NCC(C)C)n1. The van der Waals surface area contributed by atoms with Crippen LogP contribution in [0, 0.1) is 11.8 Å². The van der Waals surface area contributed by atoms with Gasteiger partial charge in [0.25, 0.3) is 0 Å². The average Bonchev–Trinajstić information content (AvgIpc) is 2.34. The summed E-state index contributed by atoms with van der Waals surface area (Å²) in [5, 5.41) is 6.54. The van der Waals surface area contributed by atoms with E-state index in [1.807, 2.05) is 0 Å². The summed E-state index contributed by atoms with van der Waals surface area (Å²) in [4.78, 5) is 13.3. The Morgan fingerprint density at radius 1 is 0.842 bits per heavy atom. The highest BCUT2D eigenvalue weighted by Gasteiger charge is 2.07. The fourth-order valence-electron chi connectivity index (χ4n) is 1.50. The smallest absolute Gasteiger partial charge is 0.227 e. The van der Waals surface area contributed by atoms with Gasteiger partial charge in [0, 0.05) is 19.5 Å². The van der Waals surface area contributed by atoms with E-state index in [1.54, 1.807) is 0 Å². The number of hydrogen-bond acceptors (Lipinski definition) is 5. The normalized spacial score (nSPS) is 11.1. The van der Waals surface area contributed by atoms with E-state index in [0.29, 0.717) is 23.7 Å². The molecule has 5 nitrogen and oxygen atoms in total. The zero-order chi connectivity index (χ0) is 14.3. The third-order valence-electron chi connectivity index (χ3n) is 2.49. The van der Waals surface area contributed by atoms with Crippen LogP contribution < -0.4 is 10.6 Å². The molecular weight excluding hydrogens is 238 g/mol. The molecular formula is C14H27N5. The van der Waals surface area contributed by atoms with Crippen molar-refractivity contribution in [2.45, 2.75) is 47.5 Å². The largest absolute Gasteiger partial charge is 0.354 e. The topological polar surface area (TPSA) is 62.7 Å². The predicted octanol–water partition coefficient (Wildman–Crippen LogP) is 2.96. The van der Waals surface area contributed by atoms with Gasteiger partial charge in [0.05, 0.1) is 0 Å². The lowest BCUT2D eigenvalue weighted by molar-refractivity contribution is 0.675. The Balaban J connectivity index is 2.77. The monoisotopic (exact) mass is 265 g/mol. The third kappa shape index (κ3) is 6.36. The summed E-state index contributed by atoms with van der Waals surface area (Å²) in [6.07, 6.45) is 1.92. The predicted molar refractivity (Wildman–Crippen MR) is 80.5 cm³/mol. The fourth-order valence-corrected chi connectivity index (χ4v) is 1.50. The maximum absolute atomic E-state index is 4.45. The molecule has 0 aromatic carbocycles. The molecule has 0 aliphatic carbocycles. The van der Waals surface area contributed by atoms with E-state index in [0.717, 1.165) is 31.8 Å². The first kappa shape index (κ1) is 15.7. The van der Waals surface area contributed by atoms with E-state index in [1.165, 1.54) is 0 Å². The number of aryl methyl sites for hydroxylation is 1. The Morgan fingerprint density at radius 3 is 1.68 bits per heavy atom. The van der Waals surface area contributed by atoms with E-state index >= 15 is 0 Å². The standard InChI is InChI=1S/C14H27N5/c1-6-7-12-17-13(15-8-10(2)3)19-14(18-12)16-9-11(4)5/h10-11H,6-9H2,1-5H3,(H2,15,16,17,18,19). The van der Waals surface area contributed by atoms with Crippen LogP contribution in [0.1, 0.15) is 46.9 Å². The molecule has 0 aliphatic heterocycles. The Morgan fingerprint density at radius 2 is 1.32 bits per heavy atom. The van der Waals surface area contributed by atoms with Crippen LogP contribution in [-0.2, 0) is 6.42 Å². The number of anilines is 2. The first-order valence-electron chi connectivity index (χ1n) is 7.24. The molecule has 0 radical (unpaired) electrons. The van der Waals surface area contributed by atoms with Crippen LogP contribution in [-0.4, -0.2) is 28.0 Å². The van der Waals surface area contributed by atoms with Crippen molar-refractivity contribution < 1.29 is 0 Å². The maximum atomic E-state index is 4.45. The van der Waals surface area contributed by atoms with Crippen LogP contribution in [0.3, 0.4) is 0 Å². The summed E-state index contributed by atoms with van der Waals surface area (Å²) >= 11 is 0. The zero-order valence-electron chi connectivity index (χ0n) is 12.8. The van der Waals surface area contributed by atoms with Gasteiger partial charge >= 0.3 is 0 Å². The van der Waals surface area contributed by atoms with Gasteiger partial charge in [-0.15, -0.1) is 0 Å². The quantitative estimate of drug-likeness (QED) is 0.756. The molecule has 108 valence electrons. The molecule has 0 fully saturated rings. The van der Waals surface area contributed by atoms with Crippen molar-refractivity contribution in [2.75, 3.05) is 23.7 Å². The van der Waals surface area contributed by atoms with Gasteiger partial charge in [0.2, 0.25) is 11.9 Å². The minimum Gasteiger partial charge on any atom is -0.354 e. The molecule has 1 rings (SSSR count). The Bertz CT molecular complexity index is 346. The summed E-state index contributed by atoms with van der Waals surface area (Å²) in [6.45, 7) is 12.5. The van der Waals surface area contributed by atoms with Gasteiger partial charge in [-0.05, 0) is 18.3 Å². The van der Waals surface area contributed by atoms with E-state index < -0.39 is 0 Å². The van der Waals surface area contributed by atoms with E-state index in [2.05, 4.69) is 60.2 Å². The third-order valence-corrected chi connectivity index (χ3v) is 2.49. The highest BCUT2D eigenvalue weighted by atomic mass is 15.2. The van der Waals surface area contributed by atoms with Gasteiger partial charge in [0.1, 0.15) is 5.82 Å². The number of rotatable bonds is 8. The molecule has 0 unspecified atom stereocenters. The lowest BCUT2D eigenvalue weighted by atomic mass is 10.2. The van der Waals surface area contributed by atoms with Crippen molar-refractivity contribution in [3.05, 3.63) is 5.82 Å². The lowest BCUT2D eigenvalue weighted by Gasteiger charge is -2.12. The van der Waals surface area contributed by atoms with Crippen molar-refractivity contribution in [1.82, 2.24) is 15.0 Å². The first-order valence-corrected chi connectivity index (χ1v) is 7.24. The second kappa shape index (κ2) is 7.92. The minimum absolute atomic E-state index is 0.568. The average molecular weight is 265 g/mol. The number of aromatic nitrogens is 3. The molecule has 19 heavy (non-hydrogen) atoms. The highest BCUT2D eigenvalue weighted by Crippen LogP contribution is 2.09. The van der Waals surface area contributed by atoms with Crippen molar-refractivity contribution in [1.29, 1.82) is 0 Å². The van der Waals surface area contributed by atoms with Crippen molar-refractivity contribution >= 4 is 11.9 Å². The molecule has 0 atom stereocenters. The van der Waals surface area contributed by atoms with Gasteiger partial charge in [-0.3, -0.25) is 0 Å². The first-order chi connectivity index (χ1) is 9.01. The highest BCUT2D eigenvalue weighted by molar-refractivity contribution is 5.34. The minimum atomic E-state index is 0.568. The van der Waals surface area contributed by atoms with E-state index in [-0.39, 0.29) is 0 Å². The molecule has 5 heteroatoms. The summed E-state index contributed by atoms with van der Waals surface area (Å²) in [5.74, 6) is 3.35. The number of nitrogens with zero attached hydrogens (tertiary/aromatic N) is 3. The fraction of sp³-hybridized carbons (Fsp3) is 0.786. The van der Waals surface area contributed by atoms with E-state index in [4.69, 9.17) is 0 Å². The maximum Gasteiger partial charge on any atom is 0.227 e. The van der Waals surface area contributed by atoms with Gasteiger partial charge in [0.15, 0.2) is 0 Å². The molecule has 1 heterocycles. The van der Waals surface area contributed by atoms with Gasteiger partial charge in [-0.25, -0.2) is 0 Å². The second-order valence-corrected chi connectivity index (χ2v) is 5.70. The Kier molecular flexibility index (Phi) is 6.53. The molecule has 1 aromatic rings. The number of nitrogens with one attached hydrogen (secondary N) is 2. The molecule has 0 amide bonds. The Labute approximate surface area is 116 Å². The van der Waals surface area contributed by atoms with Crippen LogP contribution in [0.4, 0.5) is 11.9 Å². The molecule has 0 aliphatic rings. The summed E-state index contributed by atoms with van der Waals surface area (Å²) in [7, 11) is 0. The van der Waals surface area contributed by atoms with Crippen molar-refractivity contribution in [2.24, 2.45) is 11.8 Å². The zero-order valence-corrected chi connectivity index (χ0v) is 12.8. The van der Waals surface area contributed by atoms with Crippen molar-refractivity contribution in [3.8, 4) is 0 Å². The second-order valence-electron chi connectivity index (χ2n) is 5.70. The van der Waals surface area contributed by atoms with E-state index in [9.17, 15) is 0 Å². The van der Waals surface area contributed by atoms with Crippen LogP contribution in [0.25, 0.3) is 0 Å². The molecule has 0 spiro atoms. The molecule has 2 N–H and O–H groups in total. The lowest BCUT2D eigenvalue weighted by Crippen LogP contribution is -2.16. The summed E-state index contributed by atoms with van der Waals surface area (Å²) in [5.41, 5.74) is 0. The molecule has 0 saturated heterocycles. The molecule has 0 bridgehead atoms. The van der Waals surface area contributed by atoms with Crippen molar-refractivity contribution in [3.63, 3.8) is 0 Å². The van der Waals surface area contributed by atoms with Gasteiger partial charge < -0.3 is 10.6 Å². The molecule has 0 saturated carbocycles. The van der Waals surface area contributed by atoms with Crippen LogP contribution >= 0.6 is 0 Å². The van der Waals surface area contributed by atoms with Crippen LogP contribution in [0.5, 0.6) is 0 Å². The van der Waals surface area contributed by atoms with Gasteiger partial charge in [-0.1, -0.05) is 34.6 Å². The molecule has 1 aromatic heterocycles. The van der Waals surface area contributed by atoms with Crippen LogP contribution in [0.15, 0.2) is 0 Å². The number of hydrogen-bond donors (Lipinski definition) is 2. The van der Waals surface area contributed by atoms with Crippen LogP contribution in [0.2, 0.25) is 0 Å². The Hall–Kier alpha value is -1.39. The summed E-state index contributed by atoms with van der Waals surface area (Å²) in [6, 6.07) is 0. The van der Waals surface area contributed by atoms with Gasteiger partial charge in [-0.2, -0.15) is 15.0 Å². The summed E-state index contributed by atoms with van der Waals surface area (Å²) < 4.78 is 0.